The fraction of sp³-hybridized carbons (Fsp3) is 0.250. The molecule has 35 heavy (non-hydrogen) atoms. The molecule has 0 atom stereocenters. The summed E-state index contributed by atoms with van der Waals surface area (Å²) in [5, 5.41) is 3.52. The molecule has 0 spiro atoms. The largest absolute Gasteiger partial charge is 0.340 e. The van der Waals surface area contributed by atoms with Gasteiger partial charge in [0.05, 0.1) is 13.0 Å². The van der Waals surface area contributed by atoms with Gasteiger partial charge in [-0.1, -0.05) is 24.6 Å². The van der Waals surface area contributed by atoms with Gasteiger partial charge >= 0.3 is 0 Å². The molecule has 1 amide bonds. The molecule has 2 aromatic carbocycles. The lowest BCUT2D eigenvalue weighted by Crippen LogP contribution is -2.39. The summed E-state index contributed by atoms with van der Waals surface area (Å²) in [7, 11) is 0. The standard InChI is InChI=1S/C28H28FN5O/c1-3-20-17-30-13-12-22(20)16-26(35)33-14-15-34-25(18-33)32-27(21-6-8-23(29)9-7-21)28(34)31-24-10-4-19(2)5-11-24/h4-13,17,31H,3,14-16,18H2,1-2H3. The minimum Gasteiger partial charge on any atom is -0.340 e. The first kappa shape index (κ1) is 22.8. The minimum atomic E-state index is -0.287. The lowest BCUT2D eigenvalue weighted by molar-refractivity contribution is -0.132. The second kappa shape index (κ2) is 9.70. The predicted molar refractivity (Wildman–Crippen MR) is 135 cm³/mol. The number of hydrogen-bond donors (Lipinski definition) is 1. The van der Waals surface area contributed by atoms with Crippen LogP contribution in [0.5, 0.6) is 0 Å². The molecule has 3 heterocycles. The Morgan fingerprint density at radius 2 is 1.80 bits per heavy atom. The molecule has 4 aromatic rings. The Morgan fingerprint density at radius 1 is 1.03 bits per heavy atom. The summed E-state index contributed by atoms with van der Waals surface area (Å²) in [6.45, 7) is 5.77. The maximum absolute atomic E-state index is 13.6. The van der Waals surface area contributed by atoms with Crippen LogP contribution in [0.1, 0.15) is 29.4 Å². The number of hydrogen-bond acceptors (Lipinski definition) is 4. The quantitative estimate of drug-likeness (QED) is 0.417. The molecule has 1 N–H and O–H groups in total. The average molecular weight is 470 g/mol. The van der Waals surface area contributed by atoms with Gasteiger partial charge in [0.2, 0.25) is 5.91 Å². The van der Waals surface area contributed by atoms with Gasteiger partial charge in [0, 0.05) is 36.7 Å². The molecule has 6 nitrogen and oxygen atoms in total. The van der Waals surface area contributed by atoms with E-state index in [1.807, 2.05) is 29.3 Å². The lowest BCUT2D eigenvalue weighted by Gasteiger charge is -2.29. The number of nitrogens with zero attached hydrogens (tertiary/aromatic N) is 4. The molecular formula is C28H28FN5O. The summed E-state index contributed by atoms with van der Waals surface area (Å²) in [4.78, 5) is 24.1. The van der Waals surface area contributed by atoms with Crippen LogP contribution in [0.25, 0.3) is 11.3 Å². The van der Waals surface area contributed by atoms with Crippen molar-refractivity contribution in [3.63, 3.8) is 0 Å². The number of carbonyl (C=O) groups excluding carboxylic acids is 1. The molecule has 1 aliphatic heterocycles. The van der Waals surface area contributed by atoms with Crippen molar-refractivity contribution in [2.24, 2.45) is 0 Å². The number of imidazole rings is 1. The molecule has 0 saturated carbocycles. The minimum absolute atomic E-state index is 0.0801. The maximum Gasteiger partial charge on any atom is 0.227 e. The zero-order valence-electron chi connectivity index (χ0n) is 20.0. The molecule has 178 valence electrons. The van der Waals surface area contributed by atoms with E-state index < -0.39 is 0 Å². The molecule has 0 bridgehead atoms. The van der Waals surface area contributed by atoms with E-state index in [4.69, 9.17) is 4.98 Å². The van der Waals surface area contributed by atoms with Gasteiger partial charge in [-0.15, -0.1) is 0 Å². The predicted octanol–water partition coefficient (Wildman–Crippen LogP) is 5.28. The average Bonchev–Trinajstić information content (AvgIpc) is 3.23. The first-order valence-electron chi connectivity index (χ1n) is 11.9. The van der Waals surface area contributed by atoms with Gasteiger partial charge < -0.3 is 14.8 Å². The summed E-state index contributed by atoms with van der Waals surface area (Å²) in [6.07, 6.45) is 4.77. The second-order valence-electron chi connectivity index (χ2n) is 8.86. The number of fused-ring (bicyclic) bond motifs is 1. The van der Waals surface area contributed by atoms with Crippen molar-refractivity contribution < 1.29 is 9.18 Å². The zero-order chi connectivity index (χ0) is 24.4. The smallest absolute Gasteiger partial charge is 0.227 e. The maximum atomic E-state index is 13.6. The van der Waals surface area contributed by atoms with Gasteiger partial charge in [0.25, 0.3) is 0 Å². The molecule has 2 aromatic heterocycles. The summed E-state index contributed by atoms with van der Waals surface area (Å²) < 4.78 is 15.7. The van der Waals surface area contributed by atoms with Crippen molar-refractivity contribution >= 4 is 17.4 Å². The number of aryl methyl sites for hydroxylation is 2. The first-order chi connectivity index (χ1) is 17.0. The number of nitrogens with one attached hydrogen (secondary N) is 1. The molecule has 1 aliphatic rings. The Hall–Kier alpha value is -4.00. The Bertz CT molecular complexity index is 1350. The van der Waals surface area contributed by atoms with E-state index in [0.29, 0.717) is 26.1 Å². The Balaban J connectivity index is 1.45. The third kappa shape index (κ3) is 4.80. The molecule has 0 saturated heterocycles. The molecule has 0 aliphatic carbocycles. The highest BCUT2D eigenvalue weighted by molar-refractivity contribution is 5.80. The molecule has 5 rings (SSSR count). The zero-order valence-corrected chi connectivity index (χ0v) is 20.0. The van der Waals surface area contributed by atoms with Crippen LogP contribution in [-0.4, -0.2) is 31.9 Å². The van der Waals surface area contributed by atoms with Crippen molar-refractivity contribution in [3.8, 4) is 11.3 Å². The highest BCUT2D eigenvalue weighted by Gasteiger charge is 2.27. The van der Waals surface area contributed by atoms with Crippen LogP contribution in [-0.2, 0) is 30.7 Å². The van der Waals surface area contributed by atoms with Crippen molar-refractivity contribution in [1.82, 2.24) is 19.4 Å². The number of carbonyl (C=O) groups is 1. The first-order valence-corrected chi connectivity index (χ1v) is 11.9. The highest BCUT2D eigenvalue weighted by Crippen LogP contribution is 2.33. The van der Waals surface area contributed by atoms with Gasteiger partial charge in [-0.25, -0.2) is 9.37 Å². The van der Waals surface area contributed by atoms with Gasteiger partial charge in [0.1, 0.15) is 23.2 Å². The number of halogens is 1. The van der Waals surface area contributed by atoms with Gasteiger partial charge in [0.15, 0.2) is 0 Å². The number of anilines is 2. The highest BCUT2D eigenvalue weighted by atomic mass is 19.1. The topological polar surface area (TPSA) is 63.1 Å². The SMILES string of the molecule is CCc1cnccc1CC(=O)N1CCn2c(nc(-c3ccc(F)cc3)c2Nc2ccc(C)cc2)C1. The molecule has 0 unspecified atom stereocenters. The number of pyridine rings is 1. The molecule has 7 heteroatoms. The van der Waals surface area contributed by atoms with Gasteiger partial charge in [-0.3, -0.25) is 9.78 Å². The van der Waals surface area contributed by atoms with E-state index in [-0.39, 0.29) is 11.7 Å². The molecule has 0 fully saturated rings. The Morgan fingerprint density at radius 3 is 2.54 bits per heavy atom. The third-order valence-electron chi connectivity index (χ3n) is 6.48. The van der Waals surface area contributed by atoms with Crippen LogP contribution in [0.4, 0.5) is 15.9 Å². The van der Waals surface area contributed by atoms with E-state index in [9.17, 15) is 9.18 Å². The van der Waals surface area contributed by atoms with Crippen LogP contribution in [0.3, 0.4) is 0 Å². The van der Waals surface area contributed by atoms with E-state index in [2.05, 4.69) is 40.8 Å². The van der Waals surface area contributed by atoms with Gasteiger partial charge in [-0.05, 0) is 66.9 Å². The monoisotopic (exact) mass is 469 g/mol. The number of amides is 1. The van der Waals surface area contributed by atoms with E-state index in [0.717, 1.165) is 46.1 Å². The van der Waals surface area contributed by atoms with Crippen molar-refractivity contribution in [2.45, 2.75) is 39.8 Å². The lowest BCUT2D eigenvalue weighted by atomic mass is 10.0. The fourth-order valence-electron chi connectivity index (χ4n) is 4.47. The third-order valence-corrected chi connectivity index (χ3v) is 6.48. The summed E-state index contributed by atoms with van der Waals surface area (Å²) in [5.74, 6) is 1.45. The van der Waals surface area contributed by atoms with Crippen LogP contribution < -0.4 is 5.32 Å². The number of benzene rings is 2. The normalized spacial score (nSPS) is 12.9. The number of rotatable bonds is 6. The van der Waals surface area contributed by atoms with Crippen molar-refractivity contribution in [1.29, 1.82) is 0 Å². The van der Waals surface area contributed by atoms with Crippen molar-refractivity contribution in [3.05, 3.63) is 95.3 Å². The summed E-state index contributed by atoms with van der Waals surface area (Å²) in [6, 6.07) is 16.5. The number of aromatic nitrogens is 3. The van der Waals surface area contributed by atoms with Crippen LogP contribution in [0, 0.1) is 12.7 Å². The Labute approximate surface area is 204 Å². The van der Waals surface area contributed by atoms with E-state index in [1.54, 1.807) is 18.3 Å². The van der Waals surface area contributed by atoms with E-state index >= 15 is 0 Å². The van der Waals surface area contributed by atoms with Crippen molar-refractivity contribution in [2.75, 3.05) is 11.9 Å². The molecule has 0 radical (unpaired) electrons. The summed E-state index contributed by atoms with van der Waals surface area (Å²) >= 11 is 0. The van der Waals surface area contributed by atoms with Crippen LogP contribution >= 0.6 is 0 Å². The second-order valence-corrected chi connectivity index (χ2v) is 8.86. The molecular weight excluding hydrogens is 441 g/mol. The van der Waals surface area contributed by atoms with E-state index in [1.165, 1.54) is 17.7 Å². The fourth-order valence-corrected chi connectivity index (χ4v) is 4.47. The van der Waals surface area contributed by atoms with Crippen LogP contribution in [0.15, 0.2) is 67.0 Å². The Kier molecular flexibility index (Phi) is 6.31. The summed E-state index contributed by atoms with van der Waals surface area (Å²) in [5.41, 5.74) is 5.82. The van der Waals surface area contributed by atoms with Gasteiger partial charge in [-0.2, -0.15) is 0 Å². The van der Waals surface area contributed by atoms with Crippen LogP contribution in [0.2, 0.25) is 0 Å².